The molecule has 17 heavy (non-hydrogen) atoms. The van der Waals surface area contributed by atoms with Gasteiger partial charge in [0.25, 0.3) is 0 Å². The van der Waals surface area contributed by atoms with Crippen molar-refractivity contribution in [1.82, 2.24) is 4.98 Å². The molecule has 0 fully saturated rings. The van der Waals surface area contributed by atoms with Crippen LogP contribution in [0.1, 0.15) is 18.1 Å². The third kappa shape index (κ3) is 3.36. The van der Waals surface area contributed by atoms with Crippen LogP contribution in [-0.4, -0.2) is 34.4 Å². The second kappa shape index (κ2) is 5.55. The monoisotopic (exact) mass is 244 g/mol. The average molecular weight is 244 g/mol. The Labute approximate surface area is 96.8 Å². The van der Waals surface area contributed by atoms with E-state index in [4.69, 9.17) is 5.73 Å². The smallest absolute Gasteiger partial charge is 0.308 e. The van der Waals surface area contributed by atoms with Gasteiger partial charge in [0.2, 0.25) is 5.95 Å². The highest BCUT2D eigenvalue weighted by Gasteiger charge is 2.22. The Balaban J connectivity index is 2.77. The van der Waals surface area contributed by atoms with Crippen LogP contribution in [0.5, 0.6) is 0 Å². The Morgan fingerprint density at radius 3 is 2.82 bits per heavy atom. The molecule has 6 nitrogen and oxygen atoms in total. The van der Waals surface area contributed by atoms with E-state index in [1.807, 2.05) is 0 Å². The summed E-state index contributed by atoms with van der Waals surface area (Å²) in [6, 6.07) is 1.15. The minimum Gasteiger partial charge on any atom is -0.469 e. The number of aliphatic hydroxyl groups excluding tert-OH is 2. The van der Waals surface area contributed by atoms with Crippen LogP contribution in [0, 0.1) is 5.95 Å². The molecule has 0 saturated carbocycles. The molecular weight excluding hydrogens is 231 g/mol. The number of nitrogens with zero attached hydrogens (tertiary/aromatic N) is 1. The molecule has 1 aromatic heterocycles. The largest absolute Gasteiger partial charge is 0.469 e. The Morgan fingerprint density at radius 1 is 1.65 bits per heavy atom. The van der Waals surface area contributed by atoms with Gasteiger partial charge in [-0.25, -0.2) is 4.98 Å². The van der Waals surface area contributed by atoms with Crippen molar-refractivity contribution in [2.45, 2.75) is 18.6 Å². The summed E-state index contributed by atoms with van der Waals surface area (Å²) in [4.78, 5) is 14.2. The van der Waals surface area contributed by atoms with E-state index in [-0.39, 0.29) is 17.7 Å². The molecule has 4 N–H and O–H groups in total. The first kappa shape index (κ1) is 13.3. The number of esters is 1. The van der Waals surface area contributed by atoms with Gasteiger partial charge in [0.15, 0.2) is 0 Å². The number of rotatable bonds is 4. The lowest BCUT2D eigenvalue weighted by atomic mass is 10.0. The fraction of sp³-hybridized carbons (Fsp3) is 0.400. The number of nitrogens with two attached hydrogens (primary N) is 1. The van der Waals surface area contributed by atoms with Crippen molar-refractivity contribution in [2.24, 2.45) is 0 Å². The molecule has 2 unspecified atom stereocenters. The zero-order valence-corrected chi connectivity index (χ0v) is 9.13. The first-order valence-electron chi connectivity index (χ1n) is 4.79. The molecule has 94 valence electrons. The first-order valence-corrected chi connectivity index (χ1v) is 4.79. The maximum Gasteiger partial charge on any atom is 0.308 e. The zero-order chi connectivity index (χ0) is 13.0. The normalized spacial score (nSPS) is 14.1. The van der Waals surface area contributed by atoms with Crippen molar-refractivity contribution < 1.29 is 24.1 Å². The Bertz CT molecular complexity index is 413. The van der Waals surface area contributed by atoms with E-state index in [0.717, 1.165) is 12.3 Å². The molecule has 1 aromatic rings. The molecule has 1 rings (SSSR count). The maximum absolute atomic E-state index is 12.8. The fourth-order valence-corrected chi connectivity index (χ4v) is 1.23. The Hall–Kier alpha value is -1.73. The molecule has 2 atom stereocenters. The molecule has 0 saturated heterocycles. The van der Waals surface area contributed by atoms with Crippen molar-refractivity contribution in [1.29, 1.82) is 0 Å². The number of pyridine rings is 1. The van der Waals surface area contributed by atoms with E-state index in [1.54, 1.807) is 0 Å². The van der Waals surface area contributed by atoms with Crippen molar-refractivity contribution >= 4 is 11.7 Å². The molecule has 1 heterocycles. The van der Waals surface area contributed by atoms with Gasteiger partial charge in [-0.3, -0.25) is 4.79 Å². The number of nitrogen functional groups attached to an aromatic ring is 1. The fourth-order valence-electron chi connectivity index (χ4n) is 1.23. The minimum atomic E-state index is -1.38. The minimum absolute atomic E-state index is 0.125. The topological polar surface area (TPSA) is 106 Å². The van der Waals surface area contributed by atoms with Gasteiger partial charge in [-0.1, -0.05) is 0 Å². The summed E-state index contributed by atoms with van der Waals surface area (Å²) in [6.07, 6.45) is -2.09. The lowest BCUT2D eigenvalue weighted by Gasteiger charge is -2.17. The summed E-state index contributed by atoms with van der Waals surface area (Å²) in [5.41, 5.74) is 5.15. The first-order chi connectivity index (χ1) is 7.95. The number of carbonyl (C=O) groups excluding carboxylic acids is 1. The molecular formula is C10H13FN2O4. The average Bonchev–Trinajstić information content (AvgIpc) is 2.31. The van der Waals surface area contributed by atoms with E-state index < -0.39 is 24.1 Å². The van der Waals surface area contributed by atoms with Crippen LogP contribution in [0.4, 0.5) is 10.1 Å². The van der Waals surface area contributed by atoms with E-state index >= 15 is 0 Å². The zero-order valence-electron chi connectivity index (χ0n) is 9.13. The van der Waals surface area contributed by atoms with Gasteiger partial charge in [-0.15, -0.1) is 0 Å². The maximum atomic E-state index is 12.8. The lowest BCUT2D eigenvalue weighted by molar-refractivity contribution is -0.144. The Kier molecular flexibility index (Phi) is 4.36. The summed E-state index contributed by atoms with van der Waals surface area (Å²) in [7, 11) is 1.17. The van der Waals surface area contributed by atoms with Gasteiger partial charge in [-0.05, 0) is 6.07 Å². The van der Waals surface area contributed by atoms with Crippen molar-refractivity contribution in [3.8, 4) is 0 Å². The predicted molar refractivity (Wildman–Crippen MR) is 56.2 cm³/mol. The highest BCUT2D eigenvalue weighted by atomic mass is 19.1. The van der Waals surface area contributed by atoms with Crippen LogP contribution in [0.2, 0.25) is 0 Å². The number of carbonyl (C=O) groups is 1. The second-order valence-electron chi connectivity index (χ2n) is 3.44. The highest BCUT2D eigenvalue weighted by Crippen LogP contribution is 2.21. The molecule has 0 aliphatic rings. The third-order valence-corrected chi connectivity index (χ3v) is 2.20. The Morgan fingerprint density at radius 2 is 2.29 bits per heavy atom. The quantitative estimate of drug-likeness (QED) is 0.498. The number of anilines is 1. The summed E-state index contributed by atoms with van der Waals surface area (Å²) in [6.45, 7) is 0. The van der Waals surface area contributed by atoms with Crippen molar-refractivity contribution in [3.05, 3.63) is 23.8 Å². The second-order valence-corrected chi connectivity index (χ2v) is 3.44. The van der Waals surface area contributed by atoms with Crippen LogP contribution in [-0.2, 0) is 9.53 Å². The number of halogens is 1. The molecule has 0 spiro atoms. The summed E-state index contributed by atoms with van der Waals surface area (Å²) in [5.74, 6) is -1.52. The van der Waals surface area contributed by atoms with Gasteiger partial charge in [0.05, 0.1) is 25.3 Å². The standard InChI is InChI=1S/C10H13FN2O4/c1-17-8(15)3-7(14)9(16)5-2-6(12)10(11)13-4-5/h2,4,7,9,14,16H,3,12H2,1H3. The lowest BCUT2D eigenvalue weighted by Crippen LogP contribution is -2.23. The number of aliphatic hydroxyl groups is 2. The van der Waals surface area contributed by atoms with Crippen LogP contribution in [0.15, 0.2) is 12.3 Å². The van der Waals surface area contributed by atoms with Crippen LogP contribution in [0.3, 0.4) is 0 Å². The SMILES string of the molecule is COC(=O)CC(O)C(O)c1cnc(F)c(N)c1. The number of hydrogen-bond acceptors (Lipinski definition) is 6. The van der Waals surface area contributed by atoms with Crippen molar-refractivity contribution in [3.63, 3.8) is 0 Å². The van der Waals surface area contributed by atoms with E-state index in [0.29, 0.717) is 0 Å². The molecule has 7 heteroatoms. The van der Waals surface area contributed by atoms with E-state index in [2.05, 4.69) is 9.72 Å². The third-order valence-electron chi connectivity index (χ3n) is 2.20. The summed E-state index contributed by atoms with van der Waals surface area (Å²) >= 11 is 0. The van der Waals surface area contributed by atoms with Gasteiger partial charge in [-0.2, -0.15) is 4.39 Å². The van der Waals surface area contributed by atoms with Crippen molar-refractivity contribution in [2.75, 3.05) is 12.8 Å². The van der Waals surface area contributed by atoms with Gasteiger partial charge in [0.1, 0.15) is 6.10 Å². The summed E-state index contributed by atoms with van der Waals surface area (Å²) < 4.78 is 17.1. The molecule has 0 amide bonds. The number of ether oxygens (including phenoxy) is 1. The molecule has 0 bridgehead atoms. The van der Waals surface area contributed by atoms with E-state index in [1.165, 1.54) is 7.11 Å². The van der Waals surface area contributed by atoms with Gasteiger partial charge < -0.3 is 20.7 Å². The molecule has 0 aliphatic carbocycles. The number of methoxy groups -OCH3 is 1. The highest BCUT2D eigenvalue weighted by molar-refractivity contribution is 5.69. The number of aromatic nitrogens is 1. The van der Waals surface area contributed by atoms with E-state index in [9.17, 15) is 19.4 Å². The van der Waals surface area contributed by atoms with Crippen LogP contribution in [0.25, 0.3) is 0 Å². The molecule has 0 aromatic carbocycles. The predicted octanol–water partition coefficient (Wildman–Crippen LogP) is -0.240. The van der Waals surface area contributed by atoms with Crippen LogP contribution < -0.4 is 5.73 Å². The van der Waals surface area contributed by atoms with Gasteiger partial charge >= 0.3 is 5.97 Å². The molecule has 0 radical (unpaired) electrons. The number of hydrogen-bond donors (Lipinski definition) is 3. The van der Waals surface area contributed by atoms with Crippen LogP contribution >= 0.6 is 0 Å². The molecule has 0 aliphatic heterocycles. The summed E-state index contributed by atoms with van der Waals surface area (Å²) in [5, 5.41) is 19.2. The van der Waals surface area contributed by atoms with Gasteiger partial charge in [0, 0.05) is 11.8 Å².